The molecule has 30 heavy (non-hydrogen) atoms. The monoisotopic (exact) mass is 417 g/mol. The van der Waals surface area contributed by atoms with Crippen molar-refractivity contribution in [3.05, 3.63) is 76.2 Å². The maximum atomic E-state index is 13.2. The molecule has 0 spiro atoms. The van der Waals surface area contributed by atoms with E-state index in [1.165, 1.54) is 11.8 Å². The van der Waals surface area contributed by atoms with Crippen LogP contribution in [-0.4, -0.2) is 19.7 Å². The molecule has 2 aromatic heterocycles. The fourth-order valence-corrected chi connectivity index (χ4v) is 3.88. The summed E-state index contributed by atoms with van der Waals surface area (Å²) in [5.74, 6) is 1.60. The number of nitrogens with zero attached hydrogens (tertiary/aromatic N) is 5. The topological polar surface area (TPSA) is 97.6 Å². The fourth-order valence-electron chi connectivity index (χ4n) is 3.03. The SMILES string of the molecule is CCCCc1noc(CSc2nc3ccccc3c(=O)n2-c2ccc(C#N)cc2)n1. The highest BCUT2D eigenvalue weighted by molar-refractivity contribution is 7.98. The van der Waals surface area contributed by atoms with Crippen LogP contribution in [0, 0.1) is 11.3 Å². The number of rotatable bonds is 7. The van der Waals surface area contributed by atoms with Gasteiger partial charge in [-0.15, -0.1) is 0 Å². The second-order valence-corrected chi connectivity index (χ2v) is 7.65. The Morgan fingerprint density at radius 2 is 1.93 bits per heavy atom. The first kappa shape index (κ1) is 19.9. The molecule has 0 fully saturated rings. The number of thioether (sulfide) groups is 1. The molecule has 150 valence electrons. The largest absolute Gasteiger partial charge is 0.338 e. The van der Waals surface area contributed by atoms with Crippen molar-refractivity contribution in [3.8, 4) is 11.8 Å². The van der Waals surface area contributed by atoms with Gasteiger partial charge in [0, 0.05) is 6.42 Å². The highest BCUT2D eigenvalue weighted by atomic mass is 32.2. The van der Waals surface area contributed by atoms with Crippen molar-refractivity contribution in [2.24, 2.45) is 0 Å². The standard InChI is InChI=1S/C22H19N5O2S/c1-2-3-8-19-25-20(29-26-19)14-30-22-24-18-7-5-4-6-17(18)21(28)27(22)16-11-9-15(13-23)10-12-16/h4-7,9-12H,2-3,8,14H2,1H3. The van der Waals surface area contributed by atoms with Gasteiger partial charge in [-0.1, -0.05) is 42.4 Å². The lowest BCUT2D eigenvalue weighted by atomic mass is 10.2. The van der Waals surface area contributed by atoms with Gasteiger partial charge in [0.1, 0.15) is 0 Å². The summed E-state index contributed by atoms with van der Waals surface area (Å²) in [6.45, 7) is 2.12. The minimum atomic E-state index is -0.165. The molecule has 8 heteroatoms. The number of unbranched alkanes of at least 4 members (excludes halogenated alkanes) is 1. The second-order valence-electron chi connectivity index (χ2n) is 6.71. The van der Waals surface area contributed by atoms with Crippen LogP contribution < -0.4 is 5.56 Å². The summed E-state index contributed by atoms with van der Waals surface area (Å²) in [6, 6.07) is 16.2. The van der Waals surface area contributed by atoms with E-state index < -0.39 is 0 Å². The van der Waals surface area contributed by atoms with Crippen molar-refractivity contribution in [3.63, 3.8) is 0 Å². The number of benzene rings is 2. The normalized spacial score (nSPS) is 10.9. The van der Waals surface area contributed by atoms with E-state index >= 15 is 0 Å². The first-order chi connectivity index (χ1) is 14.7. The van der Waals surface area contributed by atoms with E-state index in [1.54, 1.807) is 34.9 Å². The van der Waals surface area contributed by atoms with Crippen molar-refractivity contribution in [2.45, 2.75) is 37.1 Å². The maximum absolute atomic E-state index is 13.2. The third kappa shape index (κ3) is 4.11. The van der Waals surface area contributed by atoms with Crippen LogP contribution in [0.15, 0.2) is 63.0 Å². The molecule has 0 saturated heterocycles. The van der Waals surface area contributed by atoms with Gasteiger partial charge in [0.25, 0.3) is 5.56 Å². The van der Waals surface area contributed by atoms with Gasteiger partial charge in [0.2, 0.25) is 5.89 Å². The second kappa shape index (κ2) is 8.93. The number of hydrogen-bond acceptors (Lipinski definition) is 7. The molecule has 7 nitrogen and oxygen atoms in total. The average molecular weight is 417 g/mol. The Morgan fingerprint density at radius 3 is 2.70 bits per heavy atom. The molecule has 0 bridgehead atoms. The number of aromatic nitrogens is 4. The van der Waals surface area contributed by atoms with Gasteiger partial charge in [-0.25, -0.2) is 4.98 Å². The Hall–Kier alpha value is -3.44. The summed E-state index contributed by atoms with van der Waals surface area (Å²) >= 11 is 1.36. The summed E-state index contributed by atoms with van der Waals surface area (Å²) in [4.78, 5) is 22.4. The predicted molar refractivity (Wildman–Crippen MR) is 115 cm³/mol. The number of para-hydroxylation sites is 1. The molecule has 0 aliphatic rings. The Balaban J connectivity index is 1.71. The first-order valence-electron chi connectivity index (χ1n) is 9.66. The fraction of sp³-hybridized carbons (Fsp3) is 0.227. The van der Waals surface area contributed by atoms with Gasteiger partial charge in [-0.2, -0.15) is 10.2 Å². The Labute approximate surface area is 177 Å². The van der Waals surface area contributed by atoms with E-state index in [9.17, 15) is 4.79 Å². The van der Waals surface area contributed by atoms with Gasteiger partial charge < -0.3 is 4.52 Å². The lowest BCUT2D eigenvalue weighted by Gasteiger charge is -2.12. The number of nitriles is 1. The van der Waals surface area contributed by atoms with Crippen LogP contribution in [0.4, 0.5) is 0 Å². The van der Waals surface area contributed by atoms with Crippen LogP contribution in [0.25, 0.3) is 16.6 Å². The third-order valence-electron chi connectivity index (χ3n) is 4.59. The summed E-state index contributed by atoms with van der Waals surface area (Å²) in [5.41, 5.74) is 1.64. The molecule has 0 aliphatic heterocycles. The molecule has 0 saturated carbocycles. The highest BCUT2D eigenvalue weighted by Crippen LogP contribution is 2.24. The molecule has 2 aromatic carbocycles. The number of hydrogen-bond donors (Lipinski definition) is 0. The summed E-state index contributed by atoms with van der Waals surface area (Å²) < 4.78 is 6.90. The number of aryl methyl sites for hydroxylation is 1. The molecular formula is C22H19N5O2S. The molecule has 0 radical (unpaired) electrons. The quantitative estimate of drug-likeness (QED) is 0.327. The Bertz CT molecular complexity index is 1270. The van der Waals surface area contributed by atoms with Crippen LogP contribution in [-0.2, 0) is 12.2 Å². The smallest absolute Gasteiger partial charge is 0.266 e. The van der Waals surface area contributed by atoms with Gasteiger partial charge >= 0.3 is 0 Å². The molecule has 0 aliphatic carbocycles. The predicted octanol–water partition coefficient (Wildman–Crippen LogP) is 4.28. The van der Waals surface area contributed by atoms with Gasteiger partial charge in [0.05, 0.1) is 34.0 Å². The zero-order valence-electron chi connectivity index (χ0n) is 16.4. The summed E-state index contributed by atoms with van der Waals surface area (Å²) in [6.07, 6.45) is 2.86. The molecule has 4 rings (SSSR count). The Morgan fingerprint density at radius 1 is 1.13 bits per heavy atom. The first-order valence-corrected chi connectivity index (χ1v) is 10.6. The van der Waals surface area contributed by atoms with Crippen molar-refractivity contribution in [1.29, 1.82) is 5.26 Å². The molecule has 2 heterocycles. The molecule has 0 amide bonds. The van der Waals surface area contributed by atoms with Crippen LogP contribution in [0.1, 0.15) is 37.0 Å². The van der Waals surface area contributed by atoms with Crippen molar-refractivity contribution in [1.82, 2.24) is 19.7 Å². The summed E-state index contributed by atoms with van der Waals surface area (Å²) in [5, 5.41) is 14.1. The van der Waals surface area contributed by atoms with E-state index in [2.05, 4.69) is 23.1 Å². The van der Waals surface area contributed by atoms with E-state index in [0.717, 1.165) is 19.3 Å². The minimum Gasteiger partial charge on any atom is -0.338 e. The van der Waals surface area contributed by atoms with Crippen molar-refractivity contribution < 1.29 is 4.52 Å². The lowest BCUT2D eigenvalue weighted by Crippen LogP contribution is -2.21. The molecule has 0 atom stereocenters. The average Bonchev–Trinajstić information content (AvgIpc) is 3.24. The van der Waals surface area contributed by atoms with Crippen LogP contribution in [0.3, 0.4) is 0 Å². The van der Waals surface area contributed by atoms with Crippen molar-refractivity contribution >= 4 is 22.7 Å². The third-order valence-corrected chi connectivity index (χ3v) is 5.51. The highest BCUT2D eigenvalue weighted by Gasteiger charge is 2.15. The Kier molecular flexibility index (Phi) is 5.91. The van der Waals surface area contributed by atoms with Crippen LogP contribution in [0.5, 0.6) is 0 Å². The van der Waals surface area contributed by atoms with Crippen LogP contribution >= 0.6 is 11.8 Å². The molecule has 0 N–H and O–H groups in total. The zero-order valence-corrected chi connectivity index (χ0v) is 17.2. The van der Waals surface area contributed by atoms with E-state index in [0.29, 0.717) is 44.8 Å². The van der Waals surface area contributed by atoms with E-state index in [-0.39, 0.29) is 5.56 Å². The molecule has 4 aromatic rings. The van der Waals surface area contributed by atoms with Gasteiger partial charge in [-0.05, 0) is 42.8 Å². The lowest BCUT2D eigenvalue weighted by molar-refractivity contribution is 0.384. The molecule has 0 unspecified atom stereocenters. The van der Waals surface area contributed by atoms with E-state index in [1.807, 2.05) is 18.2 Å². The number of fused-ring (bicyclic) bond motifs is 1. The van der Waals surface area contributed by atoms with Crippen LogP contribution in [0.2, 0.25) is 0 Å². The van der Waals surface area contributed by atoms with E-state index in [4.69, 9.17) is 14.8 Å². The van der Waals surface area contributed by atoms with Gasteiger partial charge in [-0.3, -0.25) is 9.36 Å². The van der Waals surface area contributed by atoms with Crippen molar-refractivity contribution in [2.75, 3.05) is 0 Å². The minimum absolute atomic E-state index is 0.165. The zero-order chi connectivity index (χ0) is 20.9. The maximum Gasteiger partial charge on any atom is 0.266 e. The summed E-state index contributed by atoms with van der Waals surface area (Å²) in [7, 11) is 0. The van der Waals surface area contributed by atoms with Gasteiger partial charge in [0.15, 0.2) is 11.0 Å². The molecular weight excluding hydrogens is 398 g/mol.